The van der Waals surface area contributed by atoms with Gasteiger partial charge in [-0.15, -0.1) is 0 Å². The molecule has 0 fully saturated rings. The zero-order chi connectivity index (χ0) is 12.5. The van der Waals surface area contributed by atoms with Crippen molar-refractivity contribution in [1.29, 1.82) is 0 Å². The first-order valence-electron chi connectivity index (χ1n) is 6.20. The molecule has 17 heavy (non-hydrogen) atoms. The largest absolute Gasteiger partial charge is 0.389 e. The first kappa shape index (κ1) is 14.6. The van der Waals surface area contributed by atoms with E-state index in [1.165, 1.54) is 12.8 Å². The highest BCUT2D eigenvalue weighted by atomic mass is 32.2. The lowest BCUT2D eigenvalue weighted by Gasteiger charge is -2.21. The minimum atomic E-state index is -0.392. The molecular formula is C14H22O2S. The van der Waals surface area contributed by atoms with Crippen LogP contribution in [0.15, 0.2) is 35.2 Å². The van der Waals surface area contributed by atoms with Crippen molar-refractivity contribution in [2.24, 2.45) is 0 Å². The zero-order valence-corrected chi connectivity index (χ0v) is 11.5. The van der Waals surface area contributed by atoms with Crippen LogP contribution in [0.1, 0.15) is 32.6 Å². The predicted molar refractivity (Wildman–Crippen MR) is 73.2 cm³/mol. The van der Waals surface area contributed by atoms with Gasteiger partial charge in [0.15, 0.2) is 0 Å². The number of methoxy groups -OCH3 is 1. The fraction of sp³-hybridized carbons (Fsp3) is 0.571. The van der Waals surface area contributed by atoms with Crippen LogP contribution in [0.4, 0.5) is 0 Å². The van der Waals surface area contributed by atoms with E-state index in [-0.39, 0.29) is 5.44 Å². The number of benzene rings is 1. The summed E-state index contributed by atoms with van der Waals surface area (Å²) in [5.74, 6) is 0. The number of rotatable bonds is 8. The molecule has 96 valence electrons. The number of aliphatic hydroxyl groups is 1. The Morgan fingerprint density at radius 1 is 1.24 bits per heavy atom. The van der Waals surface area contributed by atoms with Crippen molar-refractivity contribution in [1.82, 2.24) is 0 Å². The molecule has 0 amide bonds. The van der Waals surface area contributed by atoms with Crippen molar-refractivity contribution in [3.8, 4) is 0 Å². The topological polar surface area (TPSA) is 29.5 Å². The number of ether oxygens (including phenoxy) is 1. The Labute approximate surface area is 108 Å². The minimum Gasteiger partial charge on any atom is -0.389 e. The summed E-state index contributed by atoms with van der Waals surface area (Å²) in [5, 5.41) is 10.1. The third-order valence-corrected chi connectivity index (χ3v) is 3.93. The Kier molecular flexibility index (Phi) is 7.33. The second-order valence-corrected chi connectivity index (χ2v) is 5.27. The maximum Gasteiger partial charge on any atom is 0.133 e. The van der Waals surface area contributed by atoms with Gasteiger partial charge in [0.05, 0.1) is 6.10 Å². The smallest absolute Gasteiger partial charge is 0.133 e. The summed E-state index contributed by atoms with van der Waals surface area (Å²) < 4.78 is 5.36. The van der Waals surface area contributed by atoms with E-state index in [1.54, 1.807) is 18.9 Å². The normalized spacial score (nSPS) is 14.5. The predicted octanol–water partition coefficient (Wildman–Crippen LogP) is 3.69. The summed E-state index contributed by atoms with van der Waals surface area (Å²) in [4.78, 5) is 1.13. The molecule has 0 aliphatic rings. The van der Waals surface area contributed by atoms with Crippen molar-refractivity contribution in [3.05, 3.63) is 30.3 Å². The van der Waals surface area contributed by atoms with Crippen molar-refractivity contribution >= 4 is 11.8 Å². The molecule has 0 spiro atoms. The van der Waals surface area contributed by atoms with Gasteiger partial charge in [-0.3, -0.25) is 0 Å². The van der Waals surface area contributed by atoms with Gasteiger partial charge in [-0.1, -0.05) is 56.1 Å². The molecule has 1 rings (SSSR count). The van der Waals surface area contributed by atoms with Gasteiger partial charge >= 0.3 is 0 Å². The zero-order valence-electron chi connectivity index (χ0n) is 10.6. The van der Waals surface area contributed by atoms with E-state index in [2.05, 4.69) is 6.92 Å². The van der Waals surface area contributed by atoms with E-state index in [0.717, 1.165) is 17.7 Å². The van der Waals surface area contributed by atoms with E-state index in [4.69, 9.17) is 4.74 Å². The van der Waals surface area contributed by atoms with Gasteiger partial charge in [-0.2, -0.15) is 0 Å². The highest BCUT2D eigenvalue weighted by Crippen LogP contribution is 2.27. The summed E-state index contributed by atoms with van der Waals surface area (Å²) in [6, 6.07) is 10.1. The first-order chi connectivity index (χ1) is 8.27. The van der Waals surface area contributed by atoms with Crippen LogP contribution < -0.4 is 0 Å². The maximum absolute atomic E-state index is 10.1. The van der Waals surface area contributed by atoms with E-state index < -0.39 is 6.10 Å². The lowest BCUT2D eigenvalue weighted by molar-refractivity contribution is 0.0356. The molecule has 0 bridgehead atoms. The van der Waals surface area contributed by atoms with Crippen molar-refractivity contribution in [2.75, 3.05) is 7.11 Å². The standard InChI is InChI=1S/C14H22O2S/c1-3-4-6-11-13(15)14(16-2)17-12-9-7-5-8-10-12/h5,7-10,13-15H,3-4,6,11H2,1-2H3. The van der Waals surface area contributed by atoms with Crippen molar-refractivity contribution in [3.63, 3.8) is 0 Å². The molecule has 0 aliphatic heterocycles. The fourth-order valence-electron chi connectivity index (χ4n) is 1.66. The Bertz CT molecular complexity index is 290. The molecule has 0 saturated heterocycles. The van der Waals surface area contributed by atoms with E-state index in [0.29, 0.717) is 0 Å². The van der Waals surface area contributed by atoms with Crippen LogP contribution in [0.25, 0.3) is 0 Å². The molecule has 0 aliphatic carbocycles. The molecule has 1 N–H and O–H groups in total. The van der Waals surface area contributed by atoms with Crippen LogP contribution in [0.5, 0.6) is 0 Å². The second kappa shape index (κ2) is 8.56. The second-order valence-electron chi connectivity index (χ2n) is 4.10. The van der Waals surface area contributed by atoms with Crippen LogP contribution in [-0.2, 0) is 4.74 Å². The van der Waals surface area contributed by atoms with Crippen molar-refractivity contribution < 1.29 is 9.84 Å². The monoisotopic (exact) mass is 254 g/mol. The van der Waals surface area contributed by atoms with E-state index in [9.17, 15) is 5.11 Å². The van der Waals surface area contributed by atoms with Crippen LogP contribution >= 0.6 is 11.8 Å². The molecule has 2 unspecified atom stereocenters. The Morgan fingerprint density at radius 3 is 2.53 bits per heavy atom. The highest BCUT2D eigenvalue weighted by molar-refractivity contribution is 7.99. The number of hydrogen-bond donors (Lipinski definition) is 1. The van der Waals surface area contributed by atoms with Crippen LogP contribution in [-0.4, -0.2) is 23.8 Å². The van der Waals surface area contributed by atoms with Crippen molar-refractivity contribution in [2.45, 2.75) is 49.0 Å². The SMILES string of the molecule is CCCCCC(O)C(OC)Sc1ccccc1. The summed E-state index contributed by atoms with van der Waals surface area (Å²) >= 11 is 1.58. The molecule has 0 saturated carbocycles. The van der Waals surface area contributed by atoms with Gasteiger partial charge in [0.25, 0.3) is 0 Å². The van der Waals surface area contributed by atoms with E-state index in [1.807, 2.05) is 30.3 Å². The third-order valence-electron chi connectivity index (χ3n) is 2.65. The Hall–Kier alpha value is -0.510. The number of unbranched alkanes of at least 4 members (excludes halogenated alkanes) is 2. The van der Waals surface area contributed by atoms with Crippen LogP contribution in [0, 0.1) is 0 Å². The van der Waals surface area contributed by atoms with Gasteiger partial charge < -0.3 is 9.84 Å². The molecule has 3 heteroatoms. The van der Waals surface area contributed by atoms with Crippen LogP contribution in [0.3, 0.4) is 0 Å². The highest BCUT2D eigenvalue weighted by Gasteiger charge is 2.19. The van der Waals surface area contributed by atoms with Gasteiger partial charge in [-0.25, -0.2) is 0 Å². The number of hydrogen-bond acceptors (Lipinski definition) is 3. The molecule has 2 atom stereocenters. The molecule has 2 nitrogen and oxygen atoms in total. The van der Waals surface area contributed by atoms with Gasteiger partial charge in [0, 0.05) is 12.0 Å². The lowest BCUT2D eigenvalue weighted by atomic mass is 10.1. The summed E-state index contributed by atoms with van der Waals surface area (Å²) in [5.41, 5.74) is -0.172. The summed E-state index contributed by atoms with van der Waals surface area (Å²) in [7, 11) is 1.66. The molecule has 0 aromatic heterocycles. The van der Waals surface area contributed by atoms with Gasteiger partial charge in [0.1, 0.15) is 5.44 Å². The van der Waals surface area contributed by atoms with E-state index >= 15 is 0 Å². The summed E-state index contributed by atoms with van der Waals surface area (Å²) in [6.45, 7) is 2.17. The average molecular weight is 254 g/mol. The van der Waals surface area contributed by atoms with Gasteiger partial charge in [-0.05, 0) is 18.6 Å². The molecule has 0 radical (unpaired) electrons. The fourth-order valence-corrected chi connectivity index (χ4v) is 2.63. The molecule has 0 heterocycles. The molecule has 1 aromatic carbocycles. The Morgan fingerprint density at radius 2 is 1.94 bits per heavy atom. The Balaban J connectivity index is 2.42. The minimum absolute atomic E-state index is 0.172. The molecular weight excluding hydrogens is 232 g/mol. The first-order valence-corrected chi connectivity index (χ1v) is 7.08. The number of aliphatic hydroxyl groups excluding tert-OH is 1. The molecule has 1 aromatic rings. The average Bonchev–Trinajstić information content (AvgIpc) is 2.37. The third kappa shape index (κ3) is 5.57. The lowest BCUT2D eigenvalue weighted by Crippen LogP contribution is -2.24. The quantitative estimate of drug-likeness (QED) is 0.436. The number of thioether (sulfide) groups is 1. The van der Waals surface area contributed by atoms with Gasteiger partial charge in [0.2, 0.25) is 0 Å². The summed E-state index contributed by atoms with van der Waals surface area (Å²) in [6.07, 6.45) is 3.83. The van der Waals surface area contributed by atoms with Crippen LogP contribution in [0.2, 0.25) is 0 Å². The maximum atomic E-state index is 10.1.